The monoisotopic (exact) mass is 539 g/mol. The maximum atomic E-state index is 12.7. The van der Waals surface area contributed by atoms with E-state index in [9.17, 15) is 9.59 Å². The Hall–Kier alpha value is -3.23. The summed E-state index contributed by atoms with van der Waals surface area (Å²) in [4.78, 5) is 25.3. The zero-order chi connectivity index (χ0) is 24.7. The highest BCUT2D eigenvalue weighted by atomic mass is 79.9. The molecule has 0 aromatic heterocycles. The van der Waals surface area contributed by atoms with Crippen molar-refractivity contribution in [2.75, 3.05) is 5.32 Å². The van der Waals surface area contributed by atoms with Gasteiger partial charge in [-0.15, -0.1) is 0 Å². The third kappa shape index (κ3) is 7.13. The minimum absolute atomic E-state index is 0.0205. The lowest BCUT2D eigenvalue weighted by atomic mass is 10.1. The Bertz CT molecular complexity index is 1180. The Morgan fingerprint density at radius 2 is 1.59 bits per heavy atom. The lowest BCUT2D eigenvalue weighted by Gasteiger charge is -2.15. The topological polar surface area (TPSA) is 79.5 Å². The molecule has 3 rings (SSSR count). The van der Waals surface area contributed by atoms with Gasteiger partial charge in [-0.1, -0.05) is 36.4 Å². The van der Waals surface area contributed by atoms with Crippen LogP contribution in [0.25, 0.3) is 0 Å². The van der Waals surface area contributed by atoms with Crippen molar-refractivity contribution in [1.82, 2.24) is 10.6 Å². The van der Waals surface area contributed by atoms with Crippen LogP contribution in [-0.4, -0.2) is 23.0 Å². The van der Waals surface area contributed by atoms with E-state index < -0.39 is 0 Å². The van der Waals surface area contributed by atoms with Crippen LogP contribution in [0.3, 0.4) is 0 Å². The number of rotatable bonds is 7. The third-order valence-corrected chi connectivity index (χ3v) is 5.64. The Morgan fingerprint density at radius 3 is 2.26 bits per heavy atom. The van der Waals surface area contributed by atoms with Gasteiger partial charge in [0.15, 0.2) is 5.11 Å². The highest BCUT2D eigenvalue weighted by molar-refractivity contribution is 9.10. The van der Waals surface area contributed by atoms with Crippen molar-refractivity contribution < 1.29 is 14.3 Å². The quantitative estimate of drug-likeness (QED) is 0.328. The van der Waals surface area contributed by atoms with E-state index in [2.05, 4.69) is 31.9 Å². The normalized spacial score (nSPS) is 11.4. The van der Waals surface area contributed by atoms with Crippen LogP contribution in [0.2, 0.25) is 0 Å². The molecule has 0 spiro atoms. The summed E-state index contributed by atoms with van der Waals surface area (Å²) in [6.07, 6.45) is 0.0205. The molecular formula is C26H26BrN3O3S. The van der Waals surface area contributed by atoms with Crippen LogP contribution in [0, 0.1) is 0 Å². The van der Waals surface area contributed by atoms with Gasteiger partial charge in [0.1, 0.15) is 5.75 Å². The van der Waals surface area contributed by atoms with Gasteiger partial charge in [-0.05, 0) is 90.9 Å². The Morgan fingerprint density at radius 1 is 0.882 bits per heavy atom. The maximum absolute atomic E-state index is 12.7. The lowest BCUT2D eigenvalue weighted by Crippen LogP contribution is -2.34. The molecule has 3 aromatic carbocycles. The van der Waals surface area contributed by atoms with Crippen molar-refractivity contribution in [3.63, 3.8) is 0 Å². The SMILES string of the molecule is CC(C)Oc1ccc(C(=O)NC(=S)Nc2cccc(C(=O)NC(C)c3ccccc3)c2)cc1Br. The first kappa shape index (κ1) is 25.4. The van der Waals surface area contributed by atoms with Crippen LogP contribution in [0.5, 0.6) is 5.75 Å². The molecule has 0 radical (unpaired) electrons. The van der Waals surface area contributed by atoms with E-state index in [0.29, 0.717) is 27.0 Å². The van der Waals surface area contributed by atoms with Crippen LogP contribution < -0.4 is 20.7 Å². The number of nitrogens with one attached hydrogen (secondary N) is 3. The van der Waals surface area contributed by atoms with E-state index in [4.69, 9.17) is 17.0 Å². The standard InChI is InChI=1S/C26H26BrN3O3S/c1-16(2)33-23-13-12-20(15-22(23)27)25(32)30-26(34)29-21-11-7-10-19(14-21)24(31)28-17(3)18-8-5-4-6-9-18/h4-17H,1-3H3,(H,28,31)(H2,29,30,32,34). The number of hydrogen-bond donors (Lipinski definition) is 3. The van der Waals surface area contributed by atoms with E-state index in [-0.39, 0.29) is 29.1 Å². The summed E-state index contributed by atoms with van der Waals surface area (Å²) >= 11 is 8.72. The minimum Gasteiger partial charge on any atom is -0.490 e. The fraction of sp³-hybridized carbons (Fsp3) is 0.192. The fourth-order valence-corrected chi connectivity index (χ4v) is 3.86. The summed E-state index contributed by atoms with van der Waals surface area (Å²) in [5.74, 6) is 0.0901. The smallest absolute Gasteiger partial charge is 0.257 e. The largest absolute Gasteiger partial charge is 0.490 e. The molecule has 0 aliphatic heterocycles. The molecule has 3 N–H and O–H groups in total. The van der Waals surface area contributed by atoms with Crippen LogP contribution in [0.15, 0.2) is 77.3 Å². The highest BCUT2D eigenvalue weighted by Gasteiger charge is 2.14. The number of halogens is 1. The predicted octanol–water partition coefficient (Wildman–Crippen LogP) is 5.85. The third-order valence-electron chi connectivity index (χ3n) is 4.81. The van der Waals surface area contributed by atoms with Crippen molar-refractivity contribution in [2.45, 2.75) is 32.9 Å². The van der Waals surface area contributed by atoms with Crippen molar-refractivity contribution in [3.8, 4) is 5.75 Å². The molecule has 2 amide bonds. The molecule has 0 bridgehead atoms. The van der Waals surface area contributed by atoms with Crippen molar-refractivity contribution in [3.05, 3.63) is 94.0 Å². The molecule has 0 aliphatic carbocycles. The molecule has 1 atom stereocenters. The van der Waals surface area contributed by atoms with E-state index in [1.807, 2.05) is 51.1 Å². The number of hydrogen-bond acceptors (Lipinski definition) is 4. The number of carbonyl (C=O) groups excluding carboxylic acids is 2. The number of benzene rings is 3. The molecule has 176 valence electrons. The van der Waals surface area contributed by atoms with Gasteiger partial charge in [-0.3, -0.25) is 14.9 Å². The number of amides is 2. The molecule has 0 aliphatic rings. The number of carbonyl (C=O) groups is 2. The molecule has 0 saturated heterocycles. The summed E-state index contributed by atoms with van der Waals surface area (Å²) in [6.45, 7) is 5.79. The van der Waals surface area contributed by atoms with Crippen LogP contribution in [0.1, 0.15) is 53.1 Å². The zero-order valence-electron chi connectivity index (χ0n) is 19.1. The van der Waals surface area contributed by atoms with Gasteiger partial charge >= 0.3 is 0 Å². The van der Waals surface area contributed by atoms with Crippen molar-refractivity contribution in [1.29, 1.82) is 0 Å². The number of thiocarbonyl (C=S) groups is 1. The first-order valence-electron chi connectivity index (χ1n) is 10.8. The van der Waals surface area contributed by atoms with E-state index in [1.165, 1.54) is 0 Å². The molecule has 1 unspecified atom stereocenters. The van der Waals surface area contributed by atoms with Gasteiger partial charge in [-0.2, -0.15) is 0 Å². The van der Waals surface area contributed by atoms with E-state index in [0.717, 1.165) is 5.56 Å². The summed E-state index contributed by atoms with van der Waals surface area (Å²) in [5, 5.41) is 8.72. The fourth-order valence-electron chi connectivity index (χ4n) is 3.17. The number of anilines is 1. The summed E-state index contributed by atoms with van der Waals surface area (Å²) < 4.78 is 6.35. The molecule has 34 heavy (non-hydrogen) atoms. The molecule has 0 fully saturated rings. The van der Waals surface area contributed by atoms with Gasteiger partial charge in [0.2, 0.25) is 0 Å². The molecule has 0 saturated carbocycles. The van der Waals surface area contributed by atoms with Gasteiger partial charge in [-0.25, -0.2) is 0 Å². The Kier molecular flexibility index (Phi) is 8.79. The second-order valence-electron chi connectivity index (χ2n) is 7.91. The second kappa shape index (κ2) is 11.8. The van der Waals surface area contributed by atoms with Gasteiger partial charge in [0, 0.05) is 16.8 Å². The molecule has 6 nitrogen and oxygen atoms in total. The summed E-state index contributed by atoms with van der Waals surface area (Å²) in [6, 6.07) is 21.6. The average Bonchev–Trinajstić information content (AvgIpc) is 2.80. The lowest BCUT2D eigenvalue weighted by molar-refractivity contribution is 0.0938. The van der Waals surface area contributed by atoms with Crippen LogP contribution in [0.4, 0.5) is 5.69 Å². The van der Waals surface area contributed by atoms with Crippen LogP contribution >= 0.6 is 28.1 Å². The summed E-state index contributed by atoms with van der Waals surface area (Å²) in [5.41, 5.74) is 2.51. The Balaban J connectivity index is 1.60. The maximum Gasteiger partial charge on any atom is 0.257 e. The van der Waals surface area contributed by atoms with Gasteiger partial charge in [0.05, 0.1) is 16.6 Å². The van der Waals surface area contributed by atoms with Gasteiger partial charge < -0.3 is 15.4 Å². The zero-order valence-corrected chi connectivity index (χ0v) is 21.5. The van der Waals surface area contributed by atoms with Crippen molar-refractivity contribution >= 4 is 50.8 Å². The van der Waals surface area contributed by atoms with Crippen molar-refractivity contribution in [2.24, 2.45) is 0 Å². The average molecular weight is 540 g/mol. The second-order valence-corrected chi connectivity index (χ2v) is 9.17. The molecule has 8 heteroatoms. The Labute approximate surface area is 213 Å². The molecule has 3 aromatic rings. The molecular weight excluding hydrogens is 514 g/mol. The first-order chi connectivity index (χ1) is 16.2. The predicted molar refractivity (Wildman–Crippen MR) is 142 cm³/mol. The summed E-state index contributed by atoms with van der Waals surface area (Å²) in [7, 11) is 0. The highest BCUT2D eigenvalue weighted by Crippen LogP contribution is 2.27. The van der Waals surface area contributed by atoms with E-state index in [1.54, 1.807) is 42.5 Å². The van der Waals surface area contributed by atoms with Crippen LogP contribution in [-0.2, 0) is 0 Å². The van der Waals surface area contributed by atoms with E-state index >= 15 is 0 Å². The molecule has 0 heterocycles. The first-order valence-corrected chi connectivity index (χ1v) is 12.0. The number of ether oxygens (including phenoxy) is 1. The van der Waals surface area contributed by atoms with Gasteiger partial charge in [0.25, 0.3) is 11.8 Å². The minimum atomic E-state index is -0.361.